The lowest BCUT2D eigenvalue weighted by atomic mass is 10.2. The first-order valence-corrected chi connectivity index (χ1v) is 9.39. The molecule has 0 atom stereocenters. The van der Waals surface area contributed by atoms with Crippen LogP contribution in [-0.4, -0.2) is 30.3 Å². The Kier molecular flexibility index (Phi) is 4.79. The Bertz CT molecular complexity index is 1210. The number of hydrogen-bond donors (Lipinski definition) is 1. The minimum atomic E-state index is -4.69. The highest BCUT2D eigenvalue weighted by molar-refractivity contribution is 7.19. The molecule has 4 rings (SSSR count). The van der Waals surface area contributed by atoms with Crippen LogP contribution in [0.4, 0.5) is 13.2 Å². The van der Waals surface area contributed by atoms with Crippen molar-refractivity contribution >= 4 is 34.5 Å². The van der Waals surface area contributed by atoms with E-state index in [2.05, 4.69) is 20.5 Å². The molecule has 0 aliphatic carbocycles. The first-order chi connectivity index (χ1) is 13.7. The molecule has 4 heterocycles. The van der Waals surface area contributed by atoms with Gasteiger partial charge in [0, 0.05) is 31.4 Å². The average molecular weight is 441 g/mol. The molecule has 12 heteroatoms. The molecule has 0 aliphatic heterocycles. The van der Waals surface area contributed by atoms with E-state index in [0.717, 1.165) is 23.0 Å². The van der Waals surface area contributed by atoms with E-state index >= 15 is 0 Å². The van der Waals surface area contributed by atoms with Crippen molar-refractivity contribution in [2.45, 2.75) is 12.7 Å². The lowest BCUT2D eigenvalue weighted by Crippen LogP contribution is -2.23. The van der Waals surface area contributed by atoms with Crippen molar-refractivity contribution in [2.24, 2.45) is 7.05 Å². The maximum absolute atomic E-state index is 13.6. The number of thiophene rings is 1. The third-order valence-corrected chi connectivity index (χ3v) is 5.24. The lowest BCUT2D eigenvalue weighted by molar-refractivity contribution is -0.142. The summed E-state index contributed by atoms with van der Waals surface area (Å²) in [5, 5.41) is 10.4. The number of nitrogens with zero attached hydrogens (tertiary/aromatic N) is 5. The summed E-state index contributed by atoms with van der Waals surface area (Å²) in [6.07, 6.45) is -1.40. The summed E-state index contributed by atoms with van der Waals surface area (Å²) in [4.78, 5) is 17.1. The molecule has 0 unspecified atom stereocenters. The Balaban J connectivity index is 1.70. The number of halogens is 4. The molecular weight excluding hydrogens is 429 g/mol. The third kappa shape index (κ3) is 3.96. The summed E-state index contributed by atoms with van der Waals surface area (Å²) < 4.78 is 43.4. The molecule has 0 saturated carbocycles. The number of carbonyl (C=O) groups is 1. The quantitative estimate of drug-likeness (QED) is 0.523. The number of alkyl halides is 3. The van der Waals surface area contributed by atoms with Crippen molar-refractivity contribution in [3.05, 3.63) is 57.9 Å². The van der Waals surface area contributed by atoms with Crippen LogP contribution >= 0.6 is 22.9 Å². The topological polar surface area (TPSA) is 77.1 Å². The van der Waals surface area contributed by atoms with Gasteiger partial charge in [-0.25, -0.2) is 9.50 Å². The molecule has 0 saturated heterocycles. The Hall–Kier alpha value is -2.92. The molecular formula is C17H12ClF3N6OS. The van der Waals surface area contributed by atoms with Crippen molar-refractivity contribution < 1.29 is 18.0 Å². The summed E-state index contributed by atoms with van der Waals surface area (Å²) in [5.41, 5.74) is -0.452. The predicted molar refractivity (Wildman–Crippen MR) is 101 cm³/mol. The molecule has 0 spiro atoms. The van der Waals surface area contributed by atoms with Crippen molar-refractivity contribution in [3.63, 3.8) is 0 Å². The summed E-state index contributed by atoms with van der Waals surface area (Å²) in [5.74, 6) is -0.617. The lowest BCUT2D eigenvalue weighted by Gasteiger charge is -2.10. The Labute approximate surface area is 170 Å². The van der Waals surface area contributed by atoms with Gasteiger partial charge in [0.25, 0.3) is 5.91 Å². The molecule has 29 heavy (non-hydrogen) atoms. The van der Waals surface area contributed by atoms with Crippen LogP contribution in [0.1, 0.15) is 21.7 Å². The minimum Gasteiger partial charge on any atom is -0.346 e. The second kappa shape index (κ2) is 7.16. The van der Waals surface area contributed by atoms with Crippen molar-refractivity contribution in [2.75, 3.05) is 0 Å². The molecule has 7 nitrogen and oxygen atoms in total. The van der Waals surface area contributed by atoms with E-state index in [9.17, 15) is 18.0 Å². The molecule has 4 aromatic rings. The van der Waals surface area contributed by atoms with Crippen molar-refractivity contribution in [3.8, 4) is 10.6 Å². The second-order valence-electron chi connectivity index (χ2n) is 6.13. The normalized spacial score (nSPS) is 11.9. The van der Waals surface area contributed by atoms with Gasteiger partial charge in [-0.05, 0) is 18.2 Å². The monoisotopic (exact) mass is 440 g/mol. The molecule has 0 bridgehead atoms. The zero-order valence-corrected chi connectivity index (χ0v) is 16.3. The fourth-order valence-corrected chi connectivity index (χ4v) is 3.71. The van der Waals surface area contributed by atoms with E-state index in [1.165, 1.54) is 6.07 Å². The highest BCUT2D eigenvalue weighted by Gasteiger charge is 2.35. The van der Waals surface area contributed by atoms with Crippen LogP contribution in [0, 0.1) is 0 Å². The molecule has 0 radical (unpaired) electrons. The number of amides is 1. The van der Waals surface area contributed by atoms with Crippen LogP contribution in [0.25, 0.3) is 16.2 Å². The predicted octanol–water partition coefficient (Wildman–Crippen LogP) is 3.79. The second-order valence-corrected chi connectivity index (χ2v) is 7.85. The Morgan fingerprint density at radius 2 is 2.10 bits per heavy atom. The van der Waals surface area contributed by atoms with E-state index in [1.807, 2.05) is 0 Å². The van der Waals surface area contributed by atoms with Gasteiger partial charge in [0.15, 0.2) is 17.0 Å². The maximum atomic E-state index is 13.6. The number of hydrogen-bond acceptors (Lipinski definition) is 5. The zero-order valence-electron chi connectivity index (χ0n) is 14.7. The molecule has 150 valence electrons. The van der Waals surface area contributed by atoms with E-state index in [4.69, 9.17) is 11.6 Å². The van der Waals surface area contributed by atoms with Gasteiger partial charge in [0.2, 0.25) is 0 Å². The SMILES string of the molecule is Cn1cc(CNC(=O)c2cc3nc(-c4ccc(Cl)s4)cc(C(F)(F)F)n3n2)cn1. The summed E-state index contributed by atoms with van der Waals surface area (Å²) in [7, 11) is 1.73. The first kappa shape index (κ1) is 19.4. The first-order valence-electron chi connectivity index (χ1n) is 8.20. The third-order valence-electron chi connectivity index (χ3n) is 3.99. The van der Waals surface area contributed by atoms with Crippen LogP contribution in [-0.2, 0) is 19.8 Å². The average Bonchev–Trinajstić information content (AvgIpc) is 3.37. The van der Waals surface area contributed by atoms with E-state index in [0.29, 0.717) is 13.7 Å². The smallest absolute Gasteiger partial charge is 0.346 e. The van der Waals surface area contributed by atoms with Gasteiger partial charge >= 0.3 is 6.18 Å². The van der Waals surface area contributed by atoms with Crippen molar-refractivity contribution in [1.29, 1.82) is 0 Å². The van der Waals surface area contributed by atoms with E-state index in [-0.39, 0.29) is 23.6 Å². The standard InChI is InChI=1S/C17H12ClF3N6OS/c1-26-8-9(7-23-26)6-22-16(28)11-5-15-24-10(12-2-3-14(18)29-12)4-13(17(19,20)21)27(15)25-11/h2-5,7-8H,6H2,1H3,(H,22,28). The fourth-order valence-electron chi connectivity index (χ4n) is 2.70. The Morgan fingerprint density at radius 3 is 2.72 bits per heavy atom. The highest BCUT2D eigenvalue weighted by Crippen LogP contribution is 2.35. The van der Waals surface area contributed by atoms with E-state index < -0.39 is 17.8 Å². The number of nitrogens with one attached hydrogen (secondary N) is 1. The van der Waals surface area contributed by atoms with Gasteiger partial charge in [0.1, 0.15) is 0 Å². The summed E-state index contributed by atoms with van der Waals surface area (Å²) in [6, 6.07) is 5.27. The van der Waals surface area contributed by atoms with Crippen molar-refractivity contribution in [1.82, 2.24) is 29.7 Å². The van der Waals surface area contributed by atoms with Crippen LogP contribution < -0.4 is 5.32 Å². The minimum absolute atomic E-state index is 0.0918. The van der Waals surface area contributed by atoms with Crippen LogP contribution in [0.2, 0.25) is 4.34 Å². The van der Waals surface area contributed by atoms with Gasteiger partial charge in [-0.1, -0.05) is 11.6 Å². The van der Waals surface area contributed by atoms with Crippen LogP contribution in [0.5, 0.6) is 0 Å². The van der Waals surface area contributed by atoms with Crippen LogP contribution in [0.3, 0.4) is 0 Å². The van der Waals surface area contributed by atoms with Gasteiger partial charge in [0.05, 0.1) is 21.1 Å². The number of fused-ring (bicyclic) bond motifs is 1. The van der Waals surface area contributed by atoms with Crippen LogP contribution in [0.15, 0.2) is 36.7 Å². The zero-order chi connectivity index (χ0) is 20.8. The maximum Gasteiger partial charge on any atom is 0.433 e. The van der Waals surface area contributed by atoms with Gasteiger partial charge < -0.3 is 5.32 Å². The number of aromatic nitrogens is 5. The van der Waals surface area contributed by atoms with Gasteiger partial charge in [-0.3, -0.25) is 9.48 Å². The molecule has 0 aliphatic rings. The number of aryl methyl sites for hydroxylation is 1. The van der Waals surface area contributed by atoms with Gasteiger partial charge in [-0.15, -0.1) is 11.3 Å². The number of rotatable bonds is 4. The number of carbonyl (C=O) groups excluding carboxylic acids is 1. The molecule has 4 aromatic heterocycles. The largest absolute Gasteiger partial charge is 0.433 e. The Morgan fingerprint density at radius 1 is 1.31 bits per heavy atom. The molecule has 1 amide bonds. The van der Waals surface area contributed by atoms with E-state index in [1.54, 1.807) is 36.3 Å². The highest BCUT2D eigenvalue weighted by atomic mass is 35.5. The fraction of sp³-hybridized carbons (Fsp3) is 0.176. The summed E-state index contributed by atoms with van der Waals surface area (Å²) >= 11 is 6.99. The molecule has 0 fully saturated rings. The molecule has 0 aromatic carbocycles. The molecule has 1 N–H and O–H groups in total. The van der Waals surface area contributed by atoms with Gasteiger partial charge in [-0.2, -0.15) is 23.4 Å². The summed E-state index contributed by atoms with van der Waals surface area (Å²) in [6.45, 7) is 0.166.